The number of nitrogens with zero attached hydrogens (tertiary/aromatic N) is 1. The Morgan fingerprint density at radius 3 is 2.79 bits per heavy atom. The van der Waals surface area contributed by atoms with E-state index in [0.29, 0.717) is 31.8 Å². The summed E-state index contributed by atoms with van der Waals surface area (Å²) in [4.78, 5) is 14.9. The Hall–Kier alpha value is -2.24. The molecule has 0 unspecified atom stereocenters. The number of likely N-dealkylation sites (tertiary alicyclic amines) is 1. The second-order valence-electron chi connectivity index (χ2n) is 7.61. The number of aryl methyl sites for hydroxylation is 1. The second kappa shape index (κ2) is 9.80. The minimum Gasteiger partial charge on any atom is -0.383 e. The van der Waals surface area contributed by atoms with Crippen molar-refractivity contribution < 1.29 is 13.9 Å². The molecule has 1 aliphatic heterocycles. The van der Waals surface area contributed by atoms with Crippen LogP contribution in [-0.2, 0) is 16.1 Å². The van der Waals surface area contributed by atoms with Crippen molar-refractivity contribution in [2.24, 2.45) is 5.92 Å². The van der Waals surface area contributed by atoms with E-state index in [1.807, 2.05) is 12.1 Å². The summed E-state index contributed by atoms with van der Waals surface area (Å²) in [6.07, 6.45) is 0.802. The number of hydrogen-bond acceptors (Lipinski definition) is 3. The number of hydrogen-bond donors (Lipinski definition) is 1. The first kappa shape index (κ1) is 20.5. The molecule has 0 bridgehead atoms. The number of piperidine rings is 1. The van der Waals surface area contributed by atoms with Crippen LogP contribution in [0, 0.1) is 18.7 Å². The molecular weight excluding hydrogens is 355 g/mol. The van der Waals surface area contributed by atoms with Crippen LogP contribution in [0.15, 0.2) is 48.5 Å². The van der Waals surface area contributed by atoms with Crippen molar-refractivity contribution in [2.45, 2.75) is 25.8 Å². The molecule has 1 aliphatic rings. The third kappa shape index (κ3) is 5.40. The number of ether oxygens (including phenoxy) is 1. The highest BCUT2D eigenvalue weighted by molar-refractivity contribution is 5.79. The summed E-state index contributed by atoms with van der Waals surface area (Å²) in [5.41, 5.74) is 3.13. The van der Waals surface area contributed by atoms with Crippen LogP contribution >= 0.6 is 0 Å². The van der Waals surface area contributed by atoms with E-state index in [1.54, 1.807) is 13.2 Å². The molecule has 2 aromatic rings. The van der Waals surface area contributed by atoms with Crippen LogP contribution in [-0.4, -0.2) is 44.2 Å². The third-order valence-corrected chi connectivity index (χ3v) is 5.37. The molecule has 0 aliphatic carbocycles. The molecule has 1 saturated heterocycles. The zero-order valence-electron chi connectivity index (χ0n) is 16.7. The van der Waals surface area contributed by atoms with E-state index in [4.69, 9.17) is 4.74 Å². The SMILES string of the molecule is COCCNC(=O)[C@@H]1C[C@@H](c2cccc(C)c2)CN(Cc2ccccc2F)C1. The van der Waals surface area contributed by atoms with Crippen molar-refractivity contribution in [1.82, 2.24) is 10.2 Å². The molecule has 2 atom stereocenters. The molecule has 0 saturated carbocycles. The fraction of sp³-hybridized carbons (Fsp3) is 0.435. The Labute approximate surface area is 166 Å². The lowest BCUT2D eigenvalue weighted by molar-refractivity contribution is -0.127. The van der Waals surface area contributed by atoms with E-state index in [0.717, 1.165) is 13.0 Å². The average Bonchev–Trinajstić information content (AvgIpc) is 2.69. The molecule has 1 heterocycles. The molecule has 28 heavy (non-hydrogen) atoms. The first-order valence-corrected chi connectivity index (χ1v) is 9.85. The smallest absolute Gasteiger partial charge is 0.224 e. The van der Waals surface area contributed by atoms with Crippen molar-refractivity contribution in [1.29, 1.82) is 0 Å². The molecular formula is C23H29FN2O2. The minimum absolute atomic E-state index is 0.0490. The van der Waals surface area contributed by atoms with Crippen LogP contribution in [0.25, 0.3) is 0 Å². The Bertz CT molecular complexity index is 796. The van der Waals surface area contributed by atoms with Crippen molar-refractivity contribution >= 4 is 5.91 Å². The van der Waals surface area contributed by atoms with Gasteiger partial charge in [0.15, 0.2) is 0 Å². The molecule has 0 spiro atoms. The van der Waals surface area contributed by atoms with Crippen LogP contribution in [0.2, 0.25) is 0 Å². The maximum absolute atomic E-state index is 14.2. The molecule has 1 fully saturated rings. The second-order valence-corrected chi connectivity index (χ2v) is 7.61. The number of benzene rings is 2. The lowest BCUT2D eigenvalue weighted by atomic mass is 9.83. The molecule has 5 heteroatoms. The van der Waals surface area contributed by atoms with Gasteiger partial charge >= 0.3 is 0 Å². The van der Waals surface area contributed by atoms with Crippen LogP contribution < -0.4 is 5.32 Å². The predicted molar refractivity (Wildman–Crippen MR) is 109 cm³/mol. The van der Waals surface area contributed by atoms with E-state index < -0.39 is 0 Å². The van der Waals surface area contributed by atoms with Gasteiger partial charge in [0.25, 0.3) is 0 Å². The lowest BCUT2D eigenvalue weighted by Gasteiger charge is -2.37. The molecule has 1 N–H and O–H groups in total. The number of halogens is 1. The van der Waals surface area contributed by atoms with E-state index in [2.05, 4.69) is 41.4 Å². The monoisotopic (exact) mass is 384 g/mol. The largest absolute Gasteiger partial charge is 0.383 e. The Morgan fingerprint density at radius 2 is 2.04 bits per heavy atom. The number of carbonyl (C=O) groups excluding carboxylic acids is 1. The van der Waals surface area contributed by atoms with Crippen LogP contribution in [0.1, 0.15) is 29.0 Å². The fourth-order valence-corrected chi connectivity index (χ4v) is 3.96. The zero-order chi connectivity index (χ0) is 19.9. The summed E-state index contributed by atoms with van der Waals surface area (Å²) in [6, 6.07) is 15.3. The maximum atomic E-state index is 14.2. The molecule has 0 aromatic heterocycles. The highest BCUT2D eigenvalue weighted by atomic mass is 19.1. The number of nitrogens with one attached hydrogen (secondary N) is 1. The molecule has 2 aromatic carbocycles. The van der Waals surface area contributed by atoms with Gasteiger partial charge in [-0.3, -0.25) is 9.69 Å². The molecule has 150 valence electrons. The standard InChI is InChI=1S/C23H29FN2O2/c1-17-6-5-8-18(12-17)20-13-21(23(27)25-10-11-28-2)16-26(15-20)14-19-7-3-4-9-22(19)24/h3-9,12,20-21H,10-11,13-16H2,1-2H3,(H,25,27)/t20-,21-/m1/s1. The Morgan fingerprint density at radius 1 is 1.21 bits per heavy atom. The summed E-state index contributed by atoms with van der Waals surface area (Å²) < 4.78 is 19.2. The lowest BCUT2D eigenvalue weighted by Crippen LogP contribution is -2.46. The van der Waals surface area contributed by atoms with E-state index >= 15 is 0 Å². The van der Waals surface area contributed by atoms with Gasteiger partial charge in [0.1, 0.15) is 5.82 Å². The van der Waals surface area contributed by atoms with Crippen LogP contribution in [0.3, 0.4) is 0 Å². The van der Waals surface area contributed by atoms with E-state index in [1.165, 1.54) is 17.2 Å². The fourth-order valence-electron chi connectivity index (χ4n) is 3.96. The number of rotatable bonds is 7. The molecule has 1 amide bonds. The molecule has 0 radical (unpaired) electrons. The summed E-state index contributed by atoms with van der Waals surface area (Å²) >= 11 is 0. The number of amides is 1. The van der Waals surface area contributed by atoms with Gasteiger partial charge in [0.2, 0.25) is 5.91 Å². The van der Waals surface area contributed by atoms with Gasteiger partial charge in [0.05, 0.1) is 12.5 Å². The molecule has 4 nitrogen and oxygen atoms in total. The quantitative estimate of drug-likeness (QED) is 0.743. The van der Waals surface area contributed by atoms with Gasteiger partial charge in [-0.15, -0.1) is 0 Å². The first-order chi connectivity index (χ1) is 13.6. The van der Waals surface area contributed by atoms with Gasteiger partial charge in [-0.1, -0.05) is 48.0 Å². The number of methoxy groups -OCH3 is 1. The summed E-state index contributed by atoms with van der Waals surface area (Å²) in [5, 5.41) is 2.97. The minimum atomic E-state index is -0.193. The van der Waals surface area contributed by atoms with Crippen molar-refractivity contribution in [3.05, 3.63) is 71.0 Å². The maximum Gasteiger partial charge on any atom is 0.224 e. The van der Waals surface area contributed by atoms with Crippen LogP contribution in [0.4, 0.5) is 4.39 Å². The van der Waals surface area contributed by atoms with Gasteiger partial charge < -0.3 is 10.1 Å². The van der Waals surface area contributed by atoms with Crippen molar-refractivity contribution in [2.75, 3.05) is 33.4 Å². The van der Waals surface area contributed by atoms with Crippen molar-refractivity contribution in [3.8, 4) is 0 Å². The first-order valence-electron chi connectivity index (χ1n) is 9.85. The summed E-state index contributed by atoms with van der Waals surface area (Å²) in [6.45, 7) is 5.05. The predicted octanol–water partition coefficient (Wildman–Crippen LogP) is 3.50. The van der Waals surface area contributed by atoms with Crippen molar-refractivity contribution in [3.63, 3.8) is 0 Å². The highest BCUT2D eigenvalue weighted by Gasteiger charge is 2.32. The molecule has 3 rings (SSSR count). The highest BCUT2D eigenvalue weighted by Crippen LogP contribution is 2.32. The number of carbonyl (C=O) groups is 1. The van der Waals surface area contributed by atoms with Gasteiger partial charge in [-0.25, -0.2) is 4.39 Å². The third-order valence-electron chi connectivity index (χ3n) is 5.37. The van der Waals surface area contributed by atoms with E-state index in [9.17, 15) is 9.18 Å². The van der Waals surface area contributed by atoms with Gasteiger partial charge in [0, 0.05) is 38.9 Å². The normalized spacial score (nSPS) is 20.1. The van der Waals surface area contributed by atoms with Crippen LogP contribution in [0.5, 0.6) is 0 Å². The van der Waals surface area contributed by atoms with Gasteiger partial charge in [-0.2, -0.15) is 0 Å². The van der Waals surface area contributed by atoms with Gasteiger partial charge in [-0.05, 0) is 30.9 Å². The zero-order valence-corrected chi connectivity index (χ0v) is 16.7. The summed E-state index contributed by atoms with van der Waals surface area (Å²) in [7, 11) is 1.62. The Balaban J connectivity index is 1.77. The summed E-state index contributed by atoms with van der Waals surface area (Å²) in [5.74, 6) is -0.0179. The van der Waals surface area contributed by atoms with E-state index in [-0.39, 0.29) is 23.6 Å². The Kier molecular flexibility index (Phi) is 7.18. The topological polar surface area (TPSA) is 41.6 Å². The average molecular weight is 384 g/mol.